The molecule has 0 atom stereocenters. The maximum absolute atomic E-state index is 6.05. The fourth-order valence-corrected chi connectivity index (χ4v) is 2.50. The Morgan fingerprint density at radius 3 is 2.50 bits per heavy atom. The van der Waals surface area contributed by atoms with Crippen LogP contribution in [-0.4, -0.2) is 9.97 Å². The van der Waals surface area contributed by atoms with E-state index < -0.39 is 0 Å². The van der Waals surface area contributed by atoms with Crippen LogP contribution >= 0.6 is 15.9 Å². The molecule has 0 unspecified atom stereocenters. The van der Waals surface area contributed by atoms with Crippen molar-refractivity contribution in [1.29, 1.82) is 0 Å². The van der Waals surface area contributed by atoms with Crippen molar-refractivity contribution >= 4 is 32.7 Å². The van der Waals surface area contributed by atoms with Crippen LogP contribution in [0.15, 0.2) is 46.9 Å². The molecule has 0 saturated heterocycles. The zero-order valence-electron chi connectivity index (χ0n) is 11.1. The van der Waals surface area contributed by atoms with Gasteiger partial charge in [0.1, 0.15) is 5.82 Å². The molecule has 0 spiro atoms. The summed E-state index contributed by atoms with van der Waals surface area (Å²) >= 11 is 3.43. The largest absolute Gasteiger partial charge is 0.383 e. The molecule has 100 valence electrons. The van der Waals surface area contributed by atoms with Crippen molar-refractivity contribution in [1.82, 2.24) is 9.97 Å². The predicted molar refractivity (Wildman–Crippen MR) is 86.5 cm³/mol. The SMILES string of the molecule is CCc1ccc(-c2nc(N)c3cc(Br)ccc3n2)cc1. The minimum absolute atomic E-state index is 0.505. The molecule has 0 saturated carbocycles. The Morgan fingerprint density at radius 1 is 1.05 bits per heavy atom. The number of aryl methyl sites for hydroxylation is 1. The Kier molecular flexibility index (Phi) is 3.40. The summed E-state index contributed by atoms with van der Waals surface area (Å²) in [6, 6.07) is 14.1. The number of nitrogens with two attached hydrogens (primary N) is 1. The van der Waals surface area contributed by atoms with Gasteiger partial charge in [-0.1, -0.05) is 47.1 Å². The molecule has 0 aliphatic rings. The monoisotopic (exact) mass is 327 g/mol. The maximum Gasteiger partial charge on any atom is 0.162 e. The highest BCUT2D eigenvalue weighted by Crippen LogP contribution is 2.25. The van der Waals surface area contributed by atoms with Crippen molar-refractivity contribution in [3.63, 3.8) is 0 Å². The lowest BCUT2D eigenvalue weighted by Crippen LogP contribution is -1.98. The van der Waals surface area contributed by atoms with Crippen LogP contribution in [0.25, 0.3) is 22.3 Å². The van der Waals surface area contributed by atoms with E-state index in [1.165, 1.54) is 5.56 Å². The molecule has 2 aromatic carbocycles. The third-order valence-corrected chi connectivity index (χ3v) is 3.80. The summed E-state index contributed by atoms with van der Waals surface area (Å²) in [6.07, 6.45) is 1.02. The van der Waals surface area contributed by atoms with Gasteiger partial charge in [-0.3, -0.25) is 0 Å². The quantitative estimate of drug-likeness (QED) is 0.767. The van der Waals surface area contributed by atoms with Crippen LogP contribution in [0.4, 0.5) is 5.82 Å². The maximum atomic E-state index is 6.05. The zero-order chi connectivity index (χ0) is 14.1. The first kappa shape index (κ1) is 13.1. The molecule has 3 nitrogen and oxygen atoms in total. The number of aromatic nitrogens is 2. The van der Waals surface area contributed by atoms with Crippen LogP contribution in [0.1, 0.15) is 12.5 Å². The Labute approximate surface area is 126 Å². The van der Waals surface area contributed by atoms with Gasteiger partial charge in [0.15, 0.2) is 5.82 Å². The molecule has 0 aliphatic heterocycles. The number of hydrogen-bond donors (Lipinski definition) is 1. The van der Waals surface area contributed by atoms with Gasteiger partial charge in [-0.2, -0.15) is 0 Å². The second-order valence-corrected chi connectivity index (χ2v) is 5.56. The molecule has 1 heterocycles. The Hall–Kier alpha value is -1.94. The molecule has 1 aromatic heterocycles. The van der Waals surface area contributed by atoms with Gasteiger partial charge in [-0.15, -0.1) is 0 Å². The number of anilines is 1. The highest BCUT2D eigenvalue weighted by molar-refractivity contribution is 9.10. The first-order valence-corrected chi connectivity index (χ1v) is 7.29. The number of hydrogen-bond acceptors (Lipinski definition) is 3. The molecule has 0 fully saturated rings. The van der Waals surface area contributed by atoms with Gasteiger partial charge in [0.25, 0.3) is 0 Å². The molecule has 0 amide bonds. The Bertz CT molecular complexity index is 767. The summed E-state index contributed by atoms with van der Waals surface area (Å²) in [6.45, 7) is 2.14. The highest BCUT2D eigenvalue weighted by Gasteiger charge is 2.07. The number of benzene rings is 2. The van der Waals surface area contributed by atoms with E-state index in [1.54, 1.807) is 0 Å². The average molecular weight is 328 g/mol. The average Bonchev–Trinajstić information content (AvgIpc) is 2.48. The smallest absolute Gasteiger partial charge is 0.162 e. The Morgan fingerprint density at radius 2 is 1.80 bits per heavy atom. The lowest BCUT2D eigenvalue weighted by molar-refractivity contribution is 1.14. The molecule has 3 aromatic rings. The zero-order valence-corrected chi connectivity index (χ0v) is 12.7. The van der Waals surface area contributed by atoms with Gasteiger partial charge in [0.2, 0.25) is 0 Å². The van der Waals surface area contributed by atoms with Crippen LogP contribution < -0.4 is 5.73 Å². The summed E-state index contributed by atoms with van der Waals surface area (Å²) in [5.41, 5.74) is 9.19. The van der Waals surface area contributed by atoms with E-state index in [9.17, 15) is 0 Å². The van der Waals surface area contributed by atoms with Crippen molar-refractivity contribution < 1.29 is 0 Å². The van der Waals surface area contributed by atoms with Gasteiger partial charge in [-0.25, -0.2) is 9.97 Å². The topological polar surface area (TPSA) is 51.8 Å². The summed E-state index contributed by atoms with van der Waals surface area (Å²) in [4.78, 5) is 9.00. The summed E-state index contributed by atoms with van der Waals surface area (Å²) < 4.78 is 0.973. The first-order chi connectivity index (χ1) is 9.67. The number of nitrogens with zero attached hydrogens (tertiary/aromatic N) is 2. The van der Waals surface area contributed by atoms with Crippen LogP contribution in [0, 0.1) is 0 Å². The standard InChI is InChI=1S/C16H14BrN3/c1-2-10-3-5-11(6-4-10)16-19-14-8-7-12(17)9-13(14)15(18)20-16/h3-9H,2H2,1H3,(H2,18,19,20). The number of halogens is 1. The molecule has 4 heteroatoms. The third-order valence-electron chi connectivity index (χ3n) is 3.31. The third kappa shape index (κ3) is 2.39. The fourth-order valence-electron chi connectivity index (χ4n) is 2.14. The second-order valence-electron chi connectivity index (χ2n) is 4.64. The van der Waals surface area contributed by atoms with Gasteiger partial charge in [-0.05, 0) is 30.2 Å². The lowest BCUT2D eigenvalue weighted by Gasteiger charge is -2.06. The van der Waals surface area contributed by atoms with E-state index in [1.807, 2.05) is 30.3 Å². The summed E-state index contributed by atoms with van der Waals surface area (Å²) in [7, 11) is 0. The van der Waals surface area contributed by atoms with E-state index in [0.717, 1.165) is 27.4 Å². The normalized spacial score (nSPS) is 10.9. The van der Waals surface area contributed by atoms with E-state index in [4.69, 9.17) is 5.73 Å². The van der Waals surface area contributed by atoms with Crippen molar-refractivity contribution in [2.45, 2.75) is 13.3 Å². The van der Waals surface area contributed by atoms with Crippen LogP contribution in [0.2, 0.25) is 0 Å². The predicted octanol–water partition coefficient (Wildman–Crippen LogP) is 4.20. The van der Waals surface area contributed by atoms with Crippen molar-refractivity contribution in [3.05, 3.63) is 52.5 Å². The van der Waals surface area contributed by atoms with Gasteiger partial charge >= 0.3 is 0 Å². The van der Waals surface area contributed by atoms with E-state index in [0.29, 0.717) is 11.6 Å². The second kappa shape index (κ2) is 5.21. The lowest BCUT2D eigenvalue weighted by atomic mass is 10.1. The minimum atomic E-state index is 0.505. The number of rotatable bonds is 2. The molecular weight excluding hydrogens is 314 g/mol. The molecule has 0 aliphatic carbocycles. The first-order valence-electron chi connectivity index (χ1n) is 6.49. The van der Waals surface area contributed by atoms with E-state index in [2.05, 4.69) is 45.0 Å². The van der Waals surface area contributed by atoms with Crippen LogP contribution in [0.3, 0.4) is 0 Å². The fraction of sp³-hybridized carbons (Fsp3) is 0.125. The number of nitrogen functional groups attached to an aromatic ring is 1. The Balaban J connectivity index is 2.14. The van der Waals surface area contributed by atoms with E-state index in [-0.39, 0.29) is 0 Å². The van der Waals surface area contributed by atoms with Gasteiger partial charge in [0, 0.05) is 15.4 Å². The van der Waals surface area contributed by atoms with Crippen molar-refractivity contribution in [2.24, 2.45) is 0 Å². The van der Waals surface area contributed by atoms with Crippen molar-refractivity contribution in [3.8, 4) is 11.4 Å². The number of fused-ring (bicyclic) bond motifs is 1. The molecule has 20 heavy (non-hydrogen) atoms. The molecule has 0 bridgehead atoms. The molecule has 2 N–H and O–H groups in total. The molecular formula is C16H14BrN3. The molecule has 3 rings (SSSR count). The molecule has 0 radical (unpaired) electrons. The van der Waals surface area contributed by atoms with Gasteiger partial charge in [0.05, 0.1) is 5.52 Å². The van der Waals surface area contributed by atoms with Crippen LogP contribution in [0.5, 0.6) is 0 Å². The van der Waals surface area contributed by atoms with E-state index >= 15 is 0 Å². The van der Waals surface area contributed by atoms with Gasteiger partial charge < -0.3 is 5.73 Å². The van der Waals surface area contributed by atoms with Crippen LogP contribution in [-0.2, 0) is 6.42 Å². The van der Waals surface area contributed by atoms with Crippen molar-refractivity contribution in [2.75, 3.05) is 5.73 Å². The summed E-state index contributed by atoms with van der Waals surface area (Å²) in [5, 5.41) is 0.869. The highest BCUT2D eigenvalue weighted by atomic mass is 79.9. The summed E-state index contributed by atoms with van der Waals surface area (Å²) in [5.74, 6) is 1.17. The minimum Gasteiger partial charge on any atom is -0.383 e.